The normalized spacial score (nSPS) is 23.2. The van der Waals surface area contributed by atoms with Crippen LogP contribution >= 0.6 is 0 Å². The summed E-state index contributed by atoms with van der Waals surface area (Å²) in [7, 11) is -1.90. The number of fused-ring (bicyclic) bond motifs is 1. The van der Waals surface area contributed by atoms with Gasteiger partial charge in [0.2, 0.25) is 10.0 Å². The van der Waals surface area contributed by atoms with Gasteiger partial charge in [-0.3, -0.25) is 4.79 Å². The van der Waals surface area contributed by atoms with Crippen molar-refractivity contribution in [2.45, 2.75) is 62.3 Å². The van der Waals surface area contributed by atoms with Gasteiger partial charge in [-0.15, -0.1) is 5.10 Å². The highest BCUT2D eigenvalue weighted by atomic mass is 32.2. The Bertz CT molecular complexity index is 1100. The average molecular weight is 444 g/mol. The molecule has 1 spiro atoms. The standard InChI is InChI=1S/C22H29N5O3S/c1-23-21(28)19-15-27(25-24-19)20-8-9-22(20)10-12-26(13-11-22)31(29,30)18-7-6-16-4-2-3-5-17(16)14-18/h6-7,14-15,20H,2-5,8-13H2,1H3,(H,23,28). The zero-order valence-electron chi connectivity index (χ0n) is 17.9. The molecule has 9 heteroatoms. The van der Waals surface area contributed by atoms with Gasteiger partial charge in [-0.2, -0.15) is 4.31 Å². The molecule has 1 amide bonds. The molecule has 1 saturated heterocycles. The number of carbonyl (C=O) groups is 1. The summed E-state index contributed by atoms with van der Waals surface area (Å²) in [5.41, 5.74) is 2.84. The second-order valence-corrected chi connectivity index (χ2v) is 11.1. The fourth-order valence-corrected chi connectivity index (χ4v) is 7.02. The van der Waals surface area contributed by atoms with Gasteiger partial charge < -0.3 is 5.32 Å². The van der Waals surface area contributed by atoms with Crippen molar-refractivity contribution in [1.82, 2.24) is 24.6 Å². The lowest BCUT2D eigenvalue weighted by Gasteiger charge is -2.53. The quantitative estimate of drug-likeness (QED) is 0.782. The molecule has 1 aromatic carbocycles. The number of nitrogens with zero attached hydrogens (tertiary/aromatic N) is 4. The summed E-state index contributed by atoms with van der Waals surface area (Å²) in [6.45, 7) is 1.04. The maximum absolute atomic E-state index is 13.3. The minimum Gasteiger partial charge on any atom is -0.354 e. The highest BCUT2D eigenvalue weighted by Gasteiger charge is 2.51. The number of aryl methyl sites for hydroxylation is 2. The van der Waals surface area contributed by atoms with E-state index in [1.54, 1.807) is 23.6 Å². The monoisotopic (exact) mass is 443 g/mol. The second kappa shape index (κ2) is 7.70. The van der Waals surface area contributed by atoms with Crippen molar-refractivity contribution in [3.63, 3.8) is 0 Å². The number of rotatable bonds is 4. The van der Waals surface area contributed by atoms with Gasteiger partial charge >= 0.3 is 0 Å². The number of carbonyl (C=O) groups excluding carboxylic acids is 1. The van der Waals surface area contributed by atoms with Crippen LogP contribution in [0.3, 0.4) is 0 Å². The molecule has 0 bridgehead atoms. The largest absolute Gasteiger partial charge is 0.354 e. The van der Waals surface area contributed by atoms with Gasteiger partial charge in [-0.05, 0) is 80.0 Å². The van der Waals surface area contributed by atoms with E-state index in [1.165, 1.54) is 17.5 Å². The molecule has 31 heavy (non-hydrogen) atoms. The van der Waals surface area contributed by atoms with E-state index in [0.29, 0.717) is 23.7 Å². The Morgan fingerprint density at radius 3 is 2.55 bits per heavy atom. The summed E-state index contributed by atoms with van der Waals surface area (Å²) in [6, 6.07) is 5.86. The van der Waals surface area contributed by atoms with Gasteiger partial charge in [0.25, 0.3) is 5.91 Å². The van der Waals surface area contributed by atoms with Crippen LogP contribution in [0.4, 0.5) is 0 Å². The maximum Gasteiger partial charge on any atom is 0.273 e. The van der Waals surface area contributed by atoms with E-state index < -0.39 is 10.0 Å². The van der Waals surface area contributed by atoms with E-state index in [-0.39, 0.29) is 17.4 Å². The molecule has 1 N–H and O–H groups in total. The molecule has 1 aliphatic heterocycles. The van der Waals surface area contributed by atoms with Gasteiger partial charge in [0.05, 0.1) is 17.1 Å². The first kappa shape index (κ1) is 20.6. The number of nitrogens with one attached hydrogen (secondary N) is 1. The number of aromatic nitrogens is 3. The van der Waals surface area contributed by atoms with E-state index in [4.69, 9.17) is 0 Å². The van der Waals surface area contributed by atoms with Gasteiger partial charge in [-0.1, -0.05) is 11.3 Å². The molecule has 5 rings (SSSR count). The number of hydrogen-bond donors (Lipinski definition) is 1. The summed E-state index contributed by atoms with van der Waals surface area (Å²) in [5, 5.41) is 10.7. The first-order valence-corrected chi connectivity index (χ1v) is 12.6. The minimum absolute atomic E-state index is 0.0372. The predicted molar refractivity (Wildman–Crippen MR) is 115 cm³/mol. The number of amides is 1. The Labute approximate surface area is 183 Å². The molecule has 1 unspecified atom stereocenters. The Balaban J connectivity index is 1.30. The molecule has 3 aliphatic rings. The van der Waals surface area contributed by atoms with Gasteiger partial charge in [0.15, 0.2) is 5.69 Å². The van der Waals surface area contributed by atoms with Crippen molar-refractivity contribution in [2.24, 2.45) is 5.41 Å². The molecule has 1 saturated carbocycles. The summed E-state index contributed by atoms with van der Waals surface area (Å²) >= 11 is 0. The fourth-order valence-electron chi connectivity index (χ4n) is 5.53. The zero-order chi connectivity index (χ0) is 21.6. The fraction of sp³-hybridized carbons (Fsp3) is 0.591. The van der Waals surface area contributed by atoms with E-state index in [1.807, 2.05) is 16.8 Å². The number of hydrogen-bond acceptors (Lipinski definition) is 5. The third-order valence-electron chi connectivity index (χ3n) is 7.59. The first-order chi connectivity index (χ1) is 14.9. The molecule has 1 atom stereocenters. The van der Waals surface area contributed by atoms with Crippen molar-refractivity contribution >= 4 is 15.9 Å². The number of sulfonamides is 1. The maximum atomic E-state index is 13.3. The van der Waals surface area contributed by atoms with Crippen LogP contribution in [0.1, 0.15) is 66.2 Å². The van der Waals surface area contributed by atoms with Crippen LogP contribution in [0.5, 0.6) is 0 Å². The molecular formula is C22H29N5O3S. The summed E-state index contributed by atoms with van der Waals surface area (Å²) in [5.74, 6) is -0.245. The third-order valence-corrected chi connectivity index (χ3v) is 9.48. The summed E-state index contributed by atoms with van der Waals surface area (Å²) in [4.78, 5) is 12.2. The van der Waals surface area contributed by atoms with Crippen LogP contribution in [0.2, 0.25) is 0 Å². The van der Waals surface area contributed by atoms with Gasteiger partial charge in [0.1, 0.15) is 0 Å². The van der Waals surface area contributed by atoms with Crippen LogP contribution in [0, 0.1) is 5.41 Å². The molecule has 8 nitrogen and oxygen atoms in total. The van der Waals surface area contributed by atoms with Crippen molar-refractivity contribution in [3.8, 4) is 0 Å². The molecule has 2 aromatic rings. The van der Waals surface area contributed by atoms with Crippen molar-refractivity contribution < 1.29 is 13.2 Å². The first-order valence-electron chi connectivity index (χ1n) is 11.2. The minimum atomic E-state index is -3.48. The van der Waals surface area contributed by atoms with Crippen molar-refractivity contribution in [3.05, 3.63) is 41.2 Å². The second-order valence-electron chi connectivity index (χ2n) is 9.12. The lowest BCUT2D eigenvalue weighted by Crippen LogP contribution is -2.51. The van der Waals surface area contributed by atoms with Crippen LogP contribution < -0.4 is 5.32 Å². The summed E-state index contributed by atoms with van der Waals surface area (Å²) in [6.07, 6.45) is 9.69. The SMILES string of the molecule is CNC(=O)c1cn(C2CCC23CCN(S(=O)(=O)c2ccc4c(c2)CCCC4)CC3)nn1. The molecular weight excluding hydrogens is 414 g/mol. The molecule has 1 aromatic heterocycles. The van der Waals surface area contributed by atoms with E-state index >= 15 is 0 Å². The van der Waals surface area contributed by atoms with E-state index in [9.17, 15) is 13.2 Å². The lowest BCUT2D eigenvalue weighted by atomic mass is 9.59. The van der Waals surface area contributed by atoms with Crippen LogP contribution in [0.15, 0.2) is 29.3 Å². The van der Waals surface area contributed by atoms with Gasteiger partial charge in [-0.25, -0.2) is 13.1 Å². The van der Waals surface area contributed by atoms with Crippen LogP contribution in [-0.4, -0.2) is 53.8 Å². The number of piperidine rings is 1. The molecule has 2 heterocycles. The van der Waals surface area contributed by atoms with Crippen molar-refractivity contribution in [2.75, 3.05) is 20.1 Å². The molecule has 2 fully saturated rings. The zero-order valence-corrected chi connectivity index (χ0v) is 18.7. The average Bonchev–Trinajstić information content (AvgIpc) is 3.26. The molecule has 166 valence electrons. The third kappa shape index (κ3) is 3.47. The van der Waals surface area contributed by atoms with E-state index in [0.717, 1.165) is 44.9 Å². The van der Waals surface area contributed by atoms with Gasteiger partial charge in [0, 0.05) is 20.1 Å². The smallest absolute Gasteiger partial charge is 0.273 e. The number of benzene rings is 1. The van der Waals surface area contributed by atoms with Crippen molar-refractivity contribution in [1.29, 1.82) is 0 Å². The highest BCUT2D eigenvalue weighted by molar-refractivity contribution is 7.89. The Morgan fingerprint density at radius 1 is 1.13 bits per heavy atom. The molecule has 0 radical (unpaired) electrons. The van der Waals surface area contributed by atoms with Crippen LogP contribution in [0.25, 0.3) is 0 Å². The Hall–Kier alpha value is -2.26. The highest BCUT2D eigenvalue weighted by Crippen LogP contribution is 2.56. The Morgan fingerprint density at radius 2 is 1.87 bits per heavy atom. The van der Waals surface area contributed by atoms with E-state index in [2.05, 4.69) is 15.6 Å². The van der Waals surface area contributed by atoms with Crippen LogP contribution in [-0.2, 0) is 22.9 Å². The predicted octanol–water partition coefficient (Wildman–Crippen LogP) is 2.32. The molecule has 2 aliphatic carbocycles. The summed E-state index contributed by atoms with van der Waals surface area (Å²) < 4.78 is 30.1. The Kier molecular flexibility index (Phi) is 5.13. The lowest BCUT2D eigenvalue weighted by molar-refractivity contribution is -0.0160. The topological polar surface area (TPSA) is 97.2 Å².